The molecule has 0 atom stereocenters. The lowest BCUT2D eigenvalue weighted by Gasteiger charge is -2.06. The smallest absolute Gasteiger partial charge is 0.335 e. The summed E-state index contributed by atoms with van der Waals surface area (Å²) in [5, 5.41) is 11.5. The molecule has 82 valence electrons. The van der Waals surface area contributed by atoms with Crippen LogP contribution in [0.5, 0.6) is 0 Å². The molecule has 0 bridgehead atoms. The van der Waals surface area contributed by atoms with Crippen LogP contribution in [0.2, 0.25) is 0 Å². The summed E-state index contributed by atoms with van der Waals surface area (Å²) in [6, 6.07) is 3.67. The molecule has 0 saturated carbocycles. The van der Waals surface area contributed by atoms with Gasteiger partial charge < -0.3 is 10.4 Å². The van der Waals surface area contributed by atoms with Crippen molar-refractivity contribution in [3.63, 3.8) is 0 Å². The number of alkyl halides is 2. The molecule has 0 aromatic heterocycles. The molecule has 0 radical (unpaired) electrons. The molecule has 0 unspecified atom stereocenters. The highest BCUT2D eigenvalue weighted by Gasteiger charge is 2.12. The SMILES string of the molecule is CNCc1cc(C(=O)O)cc(C(F)F)c1. The Morgan fingerprint density at radius 3 is 2.60 bits per heavy atom. The van der Waals surface area contributed by atoms with Crippen LogP contribution in [0.25, 0.3) is 0 Å². The van der Waals surface area contributed by atoms with Crippen molar-refractivity contribution in [2.45, 2.75) is 13.0 Å². The molecular weight excluding hydrogens is 204 g/mol. The molecule has 0 aliphatic carbocycles. The van der Waals surface area contributed by atoms with Crippen LogP contribution in [0.4, 0.5) is 8.78 Å². The Hall–Kier alpha value is -1.49. The van der Waals surface area contributed by atoms with E-state index in [1.165, 1.54) is 12.1 Å². The largest absolute Gasteiger partial charge is 0.478 e. The molecule has 15 heavy (non-hydrogen) atoms. The Morgan fingerprint density at radius 2 is 2.13 bits per heavy atom. The average Bonchev–Trinajstić information content (AvgIpc) is 2.17. The van der Waals surface area contributed by atoms with E-state index in [1.807, 2.05) is 0 Å². The van der Waals surface area contributed by atoms with Gasteiger partial charge in [0.25, 0.3) is 6.43 Å². The third-order valence-corrected chi connectivity index (χ3v) is 1.89. The van der Waals surface area contributed by atoms with Crippen LogP contribution in [-0.4, -0.2) is 18.1 Å². The maximum absolute atomic E-state index is 12.4. The molecular formula is C10H11F2NO2. The van der Waals surface area contributed by atoms with E-state index in [4.69, 9.17) is 5.11 Å². The van der Waals surface area contributed by atoms with Gasteiger partial charge in [0.2, 0.25) is 0 Å². The van der Waals surface area contributed by atoms with E-state index < -0.39 is 12.4 Å². The molecule has 0 aliphatic rings. The Bertz CT molecular complexity index is 366. The number of carboxylic acids is 1. The van der Waals surface area contributed by atoms with Crippen LogP contribution in [0.3, 0.4) is 0 Å². The number of benzene rings is 1. The van der Waals surface area contributed by atoms with Gasteiger partial charge in [0.15, 0.2) is 0 Å². The van der Waals surface area contributed by atoms with Crippen molar-refractivity contribution >= 4 is 5.97 Å². The van der Waals surface area contributed by atoms with Gasteiger partial charge in [-0.15, -0.1) is 0 Å². The summed E-state index contributed by atoms with van der Waals surface area (Å²) in [7, 11) is 1.66. The Labute approximate surface area is 85.7 Å². The van der Waals surface area contributed by atoms with Gasteiger partial charge in [0.1, 0.15) is 0 Å². The highest BCUT2D eigenvalue weighted by Crippen LogP contribution is 2.21. The van der Waals surface area contributed by atoms with E-state index in [2.05, 4.69) is 5.32 Å². The molecule has 3 nitrogen and oxygen atoms in total. The number of hydrogen-bond donors (Lipinski definition) is 2. The van der Waals surface area contributed by atoms with E-state index >= 15 is 0 Å². The first kappa shape index (κ1) is 11.6. The fourth-order valence-electron chi connectivity index (χ4n) is 1.27. The fraction of sp³-hybridized carbons (Fsp3) is 0.300. The zero-order chi connectivity index (χ0) is 11.4. The number of nitrogens with one attached hydrogen (secondary N) is 1. The maximum atomic E-state index is 12.4. The summed E-state index contributed by atoms with van der Waals surface area (Å²) in [4.78, 5) is 10.7. The minimum Gasteiger partial charge on any atom is -0.478 e. The standard InChI is InChI=1S/C10H11F2NO2/c1-13-5-6-2-7(9(11)12)4-8(3-6)10(14)15/h2-4,9,13H,5H2,1H3,(H,14,15). The van der Waals surface area contributed by atoms with Gasteiger partial charge in [0.05, 0.1) is 5.56 Å². The number of hydrogen-bond acceptors (Lipinski definition) is 2. The van der Waals surface area contributed by atoms with E-state index in [0.717, 1.165) is 6.07 Å². The summed E-state index contributed by atoms with van der Waals surface area (Å²) >= 11 is 0. The van der Waals surface area contributed by atoms with Crippen molar-refractivity contribution in [2.24, 2.45) is 0 Å². The van der Waals surface area contributed by atoms with Crippen LogP contribution >= 0.6 is 0 Å². The average molecular weight is 215 g/mol. The van der Waals surface area contributed by atoms with Crippen LogP contribution in [-0.2, 0) is 6.54 Å². The monoisotopic (exact) mass is 215 g/mol. The van der Waals surface area contributed by atoms with Crippen LogP contribution in [0.1, 0.15) is 27.9 Å². The first-order chi connectivity index (χ1) is 7.04. The number of aromatic carboxylic acids is 1. The molecule has 0 fully saturated rings. The molecule has 0 amide bonds. The number of carboxylic acid groups (broad SMARTS) is 1. The van der Waals surface area contributed by atoms with Crippen molar-refractivity contribution in [3.05, 3.63) is 34.9 Å². The minimum absolute atomic E-state index is 0.113. The molecule has 1 aromatic carbocycles. The van der Waals surface area contributed by atoms with Crippen molar-refractivity contribution in [3.8, 4) is 0 Å². The van der Waals surface area contributed by atoms with Crippen molar-refractivity contribution in [2.75, 3.05) is 7.05 Å². The van der Waals surface area contributed by atoms with Gasteiger partial charge in [-0.25, -0.2) is 13.6 Å². The highest BCUT2D eigenvalue weighted by molar-refractivity contribution is 5.88. The second-order valence-corrected chi connectivity index (χ2v) is 3.10. The number of rotatable bonds is 4. The molecule has 1 aromatic rings. The molecule has 1 rings (SSSR count). The van der Waals surface area contributed by atoms with Gasteiger partial charge in [-0.2, -0.15) is 0 Å². The lowest BCUT2D eigenvalue weighted by molar-refractivity contribution is 0.0696. The Kier molecular flexibility index (Phi) is 3.74. The predicted molar refractivity (Wildman–Crippen MR) is 51.1 cm³/mol. The van der Waals surface area contributed by atoms with Crippen LogP contribution in [0, 0.1) is 0 Å². The lowest BCUT2D eigenvalue weighted by Crippen LogP contribution is -2.07. The first-order valence-corrected chi connectivity index (χ1v) is 4.34. The van der Waals surface area contributed by atoms with Gasteiger partial charge in [-0.1, -0.05) is 0 Å². The Balaban J connectivity index is 3.14. The number of carbonyl (C=O) groups is 1. The highest BCUT2D eigenvalue weighted by atomic mass is 19.3. The fourth-order valence-corrected chi connectivity index (χ4v) is 1.27. The normalized spacial score (nSPS) is 10.7. The summed E-state index contributed by atoms with van der Waals surface area (Å²) in [5.41, 5.74) is 0.158. The quantitative estimate of drug-likeness (QED) is 0.808. The second-order valence-electron chi connectivity index (χ2n) is 3.10. The Morgan fingerprint density at radius 1 is 1.47 bits per heavy atom. The van der Waals surface area contributed by atoms with Gasteiger partial charge in [0, 0.05) is 12.1 Å². The van der Waals surface area contributed by atoms with Crippen molar-refractivity contribution < 1.29 is 18.7 Å². The third kappa shape index (κ3) is 2.99. The maximum Gasteiger partial charge on any atom is 0.335 e. The predicted octanol–water partition coefficient (Wildman–Crippen LogP) is 2.04. The lowest BCUT2D eigenvalue weighted by atomic mass is 10.1. The first-order valence-electron chi connectivity index (χ1n) is 4.34. The molecule has 0 spiro atoms. The zero-order valence-corrected chi connectivity index (χ0v) is 8.13. The zero-order valence-electron chi connectivity index (χ0n) is 8.13. The van der Waals surface area contributed by atoms with E-state index in [-0.39, 0.29) is 11.1 Å². The van der Waals surface area contributed by atoms with Gasteiger partial charge in [-0.05, 0) is 30.8 Å². The van der Waals surface area contributed by atoms with E-state index in [1.54, 1.807) is 7.05 Å². The van der Waals surface area contributed by atoms with Crippen LogP contribution in [0.15, 0.2) is 18.2 Å². The van der Waals surface area contributed by atoms with Crippen LogP contribution < -0.4 is 5.32 Å². The molecule has 5 heteroatoms. The number of halogens is 2. The molecule has 0 aliphatic heterocycles. The molecule has 0 heterocycles. The van der Waals surface area contributed by atoms with E-state index in [9.17, 15) is 13.6 Å². The van der Waals surface area contributed by atoms with Crippen molar-refractivity contribution in [1.29, 1.82) is 0 Å². The summed E-state index contributed by atoms with van der Waals surface area (Å²) in [6.07, 6.45) is -2.65. The molecule has 2 N–H and O–H groups in total. The second kappa shape index (κ2) is 4.84. The van der Waals surface area contributed by atoms with Crippen molar-refractivity contribution in [1.82, 2.24) is 5.32 Å². The summed E-state index contributed by atoms with van der Waals surface area (Å²) in [6.45, 7) is 0.362. The summed E-state index contributed by atoms with van der Waals surface area (Å²) in [5.74, 6) is -1.20. The van der Waals surface area contributed by atoms with Gasteiger partial charge >= 0.3 is 5.97 Å². The topological polar surface area (TPSA) is 49.3 Å². The van der Waals surface area contributed by atoms with Gasteiger partial charge in [-0.3, -0.25) is 0 Å². The molecule has 0 saturated heterocycles. The summed E-state index contributed by atoms with van der Waals surface area (Å²) < 4.78 is 24.8. The van der Waals surface area contributed by atoms with E-state index in [0.29, 0.717) is 12.1 Å². The third-order valence-electron chi connectivity index (χ3n) is 1.89. The minimum atomic E-state index is -2.65.